The van der Waals surface area contributed by atoms with Crippen molar-refractivity contribution >= 4 is 5.97 Å². The maximum absolute atomic E-state index is 10.6. The molecule has 0 radical (unpaired) electrons. The second-order valence-corrected chi connectivity index (χ2v) is 4.26. The van der Waals surface area contributed by atoms with E-state index in [0.29, 0.717) is 6.04 Å². The van der Waals surface area contributed by atoms with Crippen molar-refractivity contribution in [1.29, 1.82) is 0 Å². The summed E-state index contributed by atoms with van der Waals surface area (Å²) in [5.41, 5.74) is 0. The third kappa shape index (κ3) is 1.85. The number of hydrogen-bond donors (Lipinski definition) is 1. The number of hydrogen-bond acceptors (Lipinski definition) is 2. The summed E-state index contributed by atoms with van der Waals surface area (Å²) in [6, 6.07) is 0.588. The van der Waals surface area contributed by atoms with Gasteiger partial charge in [-0.05, 0) is 38.1 Å². The molecule has 1 heterocycles. The Morgan fingerprint density at radius 2 is 2.08 bits per heavy atom. The number of nitrogens with zero attached hydrogens (tertiary/aromatic N) is 1. The van der Waals surface area contributed by atoms with Gasteiger partial charge in [0.15, 0.2) is 0 Å². The molecule has 1 N–H and O–H groups in total. The Labute approximate surface area is 78.7 Å². The van der Waals surface area contributed by atoms with Gasteiger partial charge in [0.25, 0.3) is 0 Å². The molecule has 1 aliphatic heterocycles. The van der Waals surface area contributed by atoms with Crippen molar-refractivity contribution in [2.75, 3.05) is 13.1 Å². The zero-order valence-electron chi connectivity index (χ0n) is 7.91. The van der Waals surface area contributed by atoms with Gasteiger partial charge in [0, 0.05) is 6.04 Å². The van der Waals surface area contributed by atoms with Gasteiger partial charge in [-0.25, -0.2) is 0 Å². The first-order valence-corrected chi connectivity index (χ1v) is 5.23. The fourth-order valence-electron chi connectivity index (χ4n) is 2.93. The normalized spacial score (nSPS) is 34.5. The number of likely N-dealkylation sites (tertiary alicyclic amines) is 1. The van der Waals surface area contributed by atoms with E-state index in [0.717, 1.165) is 12.5 Å². The van der Waals surface area contributed by atoms with Gasteiger partial charge in [0.05, 0.1) is 6.54 Å². The molecule has 2 atom stereocenters. The molecule has 13 heavy (non-hydrogen) atoms. The van der Waals surface area contributed by atoms with Crippen LogP contribution < -0.4 is 0 Å². The van der Waals surface area contributed by atoms with Crippen LogP contribution in [0.2, 0.25) is 0 Å². The second kappa shape index (κ2) is 3.66. The summed E-state index contributed by atoms with van der Waals surface area (Å²) < 4.78 is 0. The molecule has 0 aromatic carbocycles. The molecule has 0 bridgehead atoms. The van der Waals surface area contributed by atoms with Crippen molar-refractivity contribution in [3.8, 4) is 0 Å². The molecule has 3 heteroatoms. The smallest absolute Gasteiger partial charge is 0.317 e. The van der Waals surface area contributed by atoms with Crippen LogP contribution in [0.25, 0.3) is 0 Å². The van der Waals surface area contributed by atoms with Crippen molar-refractivity contribution in [3.05, 3.63) is 0 Å². The molecule has 2 fully saturated rings. The highest BCUT2D eigenvalue weighted by Crippen LogP contribution is 2.36. The number of carboxylic acid groups (broad SMARTS) is 1. The van der Waals surface area contributed by atoms with E-state index in [1.807, 2.05) is 0 Å². The first-order valence-electron chi connectivity index (χ1n) is 5.23. The lowest BCUT2D eigenvalue weighted by Crippen LogP contribution is -2.44. The van der Waals surface area contributed by atoms with E-state index in [1.165, 1.54) is 32.1 Å². The van der Waals surface area contributed by atoms with Crippen LogP contribution in [0, 0.1) is 5.92 Å². The van der Waals surface area contributed by atoms with Gasteiger partial charge < -0.3 is 5.11 Å². The van der Waals surface area contributed by atoms with Crippen molar-refractivity contribution in [2.24, 2.45) is 5.92 Å². The Morgan fingerprint density at radius 1 is 1.31 bits per heavy atom. The fraction of sp³-hybridized carbons (Fsp3) is 0.900. The van der Waals surface area contributed by atoms with Crippen LogP contribution in [0.1, 0.15) is 32.1 Å². The molecule has 1 saturated heterocycles. The number of aliphatic carboxylic acids is 1. The molecule has 0 aromatic rings. The molecule has 74 valence electrons. The highest BCUT2D eigenvalue weighted by molar-refractivity contribution is 5.69. The molecule has 0 spiro atoms. The molecule has 0 amide bonds. The number of carboxylic acids is 1. The highest BCUT2D eigenvalue weighted by atomic mass is 16.4. The van der Waals surface area contributed by atoms with Crippen molar-refractivity contribution in [2.45, 2.75) is 38.1 Å². The molecule has 2 unspecified atom stereocenters. The Bertz CT molecular complexity index is 205. The second-order valence-electron chi connectivity index (χ2n) is 4.26. The van der Waals surface area contributed by atoms with Crippen LogP contribution in [0.4, 0.5) is 0 Å². The summed E-state index contributed by atoms with van der Waals surface area (Å²) in [6.07, 6.45) is 6.35. The maximum atomic E-state index is 10.6. The first kappa shape index (κ1) is 9.00. The van der Waals surface area contributed by atoms with Gasteiger partial charge in [0.1, 0.15) is 0 Å². The Kier molecular flexibility index (Phi) is 2.54. The predicted octanol–water partition coefficient (Wildman–Crippen LogP) is 1.34. The minimum atomic E-state index is -0.674. The summed E-state index contributed by atoms with van der Waals surface area (Å²) in [6.45, 7) is 1.24. The van der Waals surface area contributed by atoms with Crippen molar-refractivity contribution in [3.63, 3.8) is 0 Å². The van der Waals surface area contributed by atoms with Crippen molar-refractivity contribution < 1.29 is 9.90 Å². The lowest BCUT2D eigenvalue weighted by Gasteiger charge is -2.36. The van der Waals surface area contributed by atoms with Crippen molar-refractivity contribution in [1.82, 2.24) is 4.90 Å². The summed E-state index contributed by atoms with van der Waals surface area (Å²) in [5.74, 6) is 0.126. The van der Waals surface area contributed by atoms with Crippen LogP contribution in [0.3, 0.4) is 0 Å². The lowest BCUT2D eigenvalue weighted by molar-refractivity contribution is -0.139. The fourth-order valence-corrected chi connectivity index (χ4v) is 2.93. The van der Waals surface area contributed by atoms with Gasteiger partial charge in [-0.15, -0.1) is 0 Å². The Morgan fingerprint density at radius 3 is 2.85 bits per heavy atom. The standard InChI is InChI=1S/C10H17NO2/c12-10(13)7-11-6-2-4-8-3-1-5-9(8)11/h8-9H,1-7H2,(H,12,13). The molecule has 3 nitrogen and oxygen atoms in total. The van der Waals surface area contributed by atoms with Gasteiger partial charge in [-0.3, -0.25) is 9.69 Å². The summed E-state index contributed by atoms with van der Waals surface area (Å²) in [7, 11) is 0. The molecule has 1 saturated carbocycles. The predicted molar refractivity (Wildman–Crippen MR) is 49.6 cm³/mol. The monoisotopic (exact) mass is 183 g/mol. The van der Waals surface area contributed by atoms with E-state index in [-0.39, 0.29) is 6.54 Å². The average molecular weight is 183 g/mol. The molecular formula is C10H17NO2. The summed E-state index contributed by atoms with van der Waals surface area (Å²) in [5, 5.41) is 8.74. The SMILES string of the molecule is O=C(O)CN1CCCC2CCCC21. The largest absolute Gasteiger partial charge is 0.480 e. The molecule has 1 aliphatic carbocycles. The van der Waals surface area contributed by atoms with Gasteiger partial charge >= 0.3 is 5.97 Å². The quantitative estimate of drug-likeness (QED) is 0.702. The molecule has 2 aliphatic rings. The van der Waals surface area contributed by atoms with Crippen LogP contribution in [-0.4, -0.2) is 35.1 Å². The molecular weight excluding hydrogens is 166 g/mol. The summed E-state index contributed by atoms with van der Waals surface area (Å²) in [4.78, 5) is 12.8. The number of fused-ring (bicyclic) bond motifs is 1. The van der Waals surface area contributed by atoms with Crippen LogP contribution in [-0.2, 0) is 4.79 Å². The van der Waals surface area contributed by atoms with Crippen LogP contribution in [0.15, 0.2) is 0 Å². The Hall–Kier alpha value is -0.570. The van der Waals surface area contributed by atoms with Gasteiger partial charge in [-0.2, -0.15) is 0 Å². The number of rotatable bonds is 2. The van der Waals surface area contributed by atoms with E-state index in [9.17, 15) is 4.79 Å². The minimum absolute atomic E-state index is 0.251. The van der Waals surface area contributed by atoms with E-state index >= 15 is 0 Å². The average Bonchev–Trinajstić information content (AvgIpc) is 2.51. The number of piperidine rings is 1. The first-order chi connectivity index (χ1) is 6.27. The Balaban J connectivity index is 1.97. The highest BCUT2D eigenvalue weighted by Gasteiger charge is 2.35. The van der Waals surface area contributed by atoms with Crippen LogP contribution >= 0.6 is 0 Å². The third-order valence-corrected chi connectivity index (χ3v) is 3.45. The summed E-state index contributed by atoms with van der Waals surface area (Å²) >= 11 is 0. The topological polar surface area (TPSA) is 40.5 Å². The van der Waals surface area contributed by atoms with E-state index in [2.05, 4.69) is 4.90 Å². The van der Waals surface area contributed by atoms with Gasteiger partial charge in [-0.1, -0.05) is 6.42 Å². The third-order valence-electron chi connectivity index (χ3n) is 3.45. The van der Waals surface area contributed by atoms with E-state index in [4.69, 9.17) is 5.11 Å². The zero-order chi connectivity index (χ0) is 9.26. The molecule has 0 aromatic heterocycles. The van der Waals surface area contributed by atoms with E-state index in [1.54, 1.807) is 0 Å². The number of carbonyl (C=O) groups is 1. The lowest BCUT2D eigenvalue weighted by atomic mass is 9.92. The zero-order valence-corrected chi connectivity index (χ0v) is 7.91. The van der Waals surface area contributed by atoms with E-state index < -0.39 is 5.97 Å². The maximum Gasteiger partial charge on any atom is 0.317 e. The van der Waals surface area contributed by atoms with Gasteiger partial charge in [0.2, 0.25) is 0 Å². The van der Waals surface area contributed by atoms with Crippen LogP contribution in [0.5, 0.6) is 0 Å². The minimum Gasteiger partial charge on any atom is -0.480 e. The molecule has 2 rings (SSSR count).